The van der Waals surface area contributed by atoms with E-state index in [9.17, 15) is 4.79 Å². The van der Waals surface area contributed by atoms with Gasteiger partial charge in [-0.15, -0.1) is 5.10 Å². The van der Waals surface area contributed by atoms with Crippen molar-refractivity contribution in [2.75, 3.05) is 0 Å². The van der Waals surface area contributed by atoms with E-state index in [1.54, 1.807) is 0 Å². The smallest absolute Gasteiger partial charge is 0.358 e. The number of aromatic carboxylic acids is 1. The standard InChI is InChI=1S/C12H17N5O3/c1-4-5-8-13-9(20-15-8)6-17-11(7(2)3)10(12(18)19)14-16-17/h7H,4-6H2,1-3H3,(H,18,19). The second kappa shape index (κ2) is 5.81. The molecule has 8 nitrogen and oxygen atoms in total. The number of carboxylic acids is 1. The summed E-state index contributed by atoms with van der Waals surface area (Å²) in [4.78, 5) is 15.4. The Morgan fingerprint density at radius 3 is 2.80 bits per heavy atom. The molecule has 2 aromatic heterocycles. The van der Waals surface area contributed by atoms with Crippen LogP contribution < -0.4 is 0 Å². The number of nitrogens with zero attached hydrogens (tertiary/aromatic N) is 5. The Kier molecular flexibility index (Phi) is 4.11. The van der Waals surface area contributed by atoms with Gasteiger partial charge in [0.25, 0.3) is 0 Å². The maximum Gasteiger partial charge on any atom is 0.358 e. The maximum atomic E-state index is 11.1. The molecule has 20 heavy (non-hydrogen) atoms. The van der Waals surface area contributed by atoms with Gasteiger partial charge in [-0.2, -0.15) is 4.98 Å². The van der Waals surface area contributed by atoms with Gasteiger partial charge in [-0.25, -0.2) is 9.48 Å². The lowest BCUT2D eigenvalue weighted by Gasteiger charge is -2.07. The molecular weight excluding hydrogens is 262 g/mol. The van der Waals surface area contributed by atoms with Crippen LogP contribution in [0.3, 0.4) is 0 Å². The highest BCUT2D eigenvalue weighted by Crippen LogP contribution is 2.18. The molecule has 2 rings (SSSR count). The van der Waals surface area contributed by atoms with Gasteiger partial charge >= 0.3 is 5.97 Å². The van der Waals surface area contributed by atoms with Crippen molar-refractivity contribution >= 4 is 5.97 Å². The van der Waals surface area contributed by atoms with Gasteiger partial charge in [-0.05, 0) is 12.3 Å². The first-order chi connectivity index (χ1) is 9.52. The minimum absolute atomic E-state index is 0.0193. The van der Waals surface area contributed by atoms with Crippen molar-refractivity contribution in [2.45, 2.75) is 46.1 Å². The van der Waals surface area contributed by atoms with Gasteiger partial charge < -0.3 is 9.63 Å². The second-order valence-electron chi connectivity index (χ2n) is 4.80. The zero-order valence-electron chi connectivity index (χ0n) is 11.7. The average molecular weight is 279 g/mol. The third-order valence-corrected chi connectivity index (χ3v) is 2.79. The molecule has 0 radical (unpaired) electrons. The first-order valence-corrected chi connectivity index (χ1v) is 6.51. The fourth-order valence-electron chi connectivity index (χ4n) is 1.97. The molecule has 0 unspecified atom stereocenters. The van der Waals surface area contributed by atoms with E-state index >= 15 is 0 Å². The highest BCUT2D eigenvalue weighted by molar-refractivity contribution is 5.86. The van der Waals surface area contributed by atoms with E-state index in [2.05, 4.69) is 20.5 Å². The SMILES string of the molecule is CCCc1noc(Cn2nnc(C(=O)O)c2C(C)C)n1. The summed E-state index contributed by atoms with van der Waals surface area (Å²) in [6.45, 7) is 6.03. The molecule has 0 fully saturated rings. The quantitative estimate of drug-likeness (QED) is 0.853. The van der Waals surface area contributed by atoms with Crippen LogP contribution in [0, 0.1) is 0 Å². The molecule has 0 aliphatic rings. The van der Waals surface area contributed by atoms with Crippen LogP contribution in [0.5, 0.6) is 0 Å². The normalized spacial score (nSPS) is 11.2. The van der Waals surface area contributed by atoms with Crippen LogP contribution in [0.2, 0.25) is 0 Å². The van der Waals surface area contributed by atoms with Crippen LogP contribution in [0.1, 0.15) is 61.0 Å². The summed E-state index contributed by atoms with van der Waals surface area (Å²) in [7, 11) is 0. The first-order valence-electron chi connectivity index (χ1n) is 6.51. The Hall–Kier alpha value is -2.25. The van der Waals surface area contributed by atoms with Gasteiger partial charge in [0.15, 0.2) is 11.5 Å². The van der Waals surface area contributed by atoms with Gasteiger partial charge in [0.1, 0.15) is 6.54 Å². The number of carbonyl (C=O) groups is 1. The molecule has 108 valence electrons. The molecule has 0 aromatic carbocycles. The number of aromatic nitrogens is 5. The fourth-order valence-corrected chi connectivity index (χ4v) is 1.97. The monoisotopic (exact) mass is 279 g/mol. The third kappa shape index (κ3) is 2.84. The summed E-state index contributed by atoms with van der Waals surface area (Å²) >= 11 is 0. The Labute approximate surface area is 115 Å². The zero-order valence-corrected chi connectivity index (χ0v) is 11.7. The topological polar surface area (TPSA) is 107 Å². The molecule has 2 heterocycles. The van der Waals surface area contributed by atoms with Crippen LogP contribution in [-0.4, -0.2) is 36.2 Å². The predicted molar refractivity (Wildman–Crippen MR) is 68.5 cm³/mol. The van der Waals surface area contributed by atoms with Crippen LogP contribution in [0.25, 0.3) is 0 Å². The van der Waals surface area contributed by atoms with Gasteiger partial charge in [0.2, 0.25) is 5.89 Å². The highest BCUT2D eigenvalue weighted by Gasteiger charge is 2.22. The van der Waals surface area contributed by atoms with Gasteiger partial charge in [-0.3, -0.25) is 0 Å². The number of hydrogen-bond donors (Lipinski definition) is 1. The average Bonchev–Trinajstić information content (AvgIpc) is 2.97. The van der Waals surface area contributed by atoms with E-state index in [0.717, 1.165) is 12.8 Å². The van der Waals surface area contributed by atoms with E-state index in [0.29, 0.717) is 17.4 Å². The molecule has 0 amide bonds. The Balaban J connectivity index is 2.26. The van der Waals surface area contributed by atoms with Crippen molar-refractivity contribution in [1.82, 2.24) is 25.1 Å². The van der Waals surface area contributed by atoms with E-state index in [1.165, 1.54) is 4.68 Å². The van der Waals surface area contributed by atoms with Crippen molar-refractivity contribution in [3.63, 3.8) is 0 Å². The molecule has 0 bridgehead atoms. The van der Waals surface area contributed by atoms with Gasteiger partial charge in [-0.1, -0.05) is 31.1 Å². The molecule has 0 atom stereocenters. The molecule has 8 heteroatoms. The Morgan fingerprint density at radius 1 is 1.45 bits per heavy atom. The van der Waals surface area contributed by atoms with Crippen molar-refractivity contribution in [1.29, 1.82) is 0 Å². The van der Waals surface area contributed by atoms with E-state index in [-0.39, 0.29) is 18.2 Å². The first kappa shape index (κ1) is 14.2. The molecule has 0 aliphatic carbocycles. The van der Waals surface area contributed by atoms with E-state index in [4.69, 9.17) is 9.63 Å². The molecule has 0 saturated heterocycles. The molecular formula is C12H17N5O3. The van der Waals surface area contributed by atoms with Crippen LogP contribution in [-0.2, 0) is 13.0 Å². The van der Waals surface area contributed by atoms with Crippen molar-refractivity contribution in [3.8, 4) is 0 Å². The minimum Gasteiger partial charge on any atom is -0.476 e. The number of hydrogen-bond acceptors (Lipinski definition) is 6. The number of rotatable bonds is 6. The Bertz CT molecular complexity index is 602. The predicted octanol–water partition coefficient (Wildman–Crippen LogP) is 1.48. The number of carboxylic acid groups (broad SMARTS) is 1. The summed E-state index contributed by atoms with van der Waals surface area (Å²) < 4.78 is 6.63. The lowest BCUT2D eigenvalue weighted by Crippen LogP contribution is -2.11. The van der Waals surface area contributed by atoms with Crippen molar-refractivity contribution < 1.29 is 14.4 Å². The molecule has 0 aliphatic heterocycles. The summed E-state index contributed by atoms with van der Waals surface area (Å²) in [5.74, 6) is -0.0596. The minimum atomic E-state index is -1.09. The second-order valence-corrected chi connectivity index (χ2v) is 4.80. The van der Waals surface area contributed by atoms with Crippen molar-refractivity contribution in [3.05, 3.63) is 23.1 Å². The molecule has 1 N–H and O–H groups in total. The van der Waals surface area contributed by atoms with Crippen LogP contribution >= 0.6 is 0 Å². The van der Waals surface area contributed by atoms with Gasteiger partial charge in [0, 0.05) is 6.42 Å². The summed E-state index contributed by atoms with van der Waals surface area (Å²) in [6, 6.07) is 0. The largest absolute Gasteiger partial charge is 0.476 e. The summed E-state index contributed by atoms with van der Waals surface area (Å²) in [5.41, 5.74) is 0.515. The summed E-state index contributed by atoms with van der Waals surface area (Å²) in [5, 5.41) is 20.5. The molecule has 0 saturated carbocycles. The summed E-state index contributed by atoms with van der Waals surface area (Å²) in [6.07, 6.45) is 1.68. The van der Waals surface area contributed by atoms with Crippen molar-refractivity contribution in [2.24, 2.45) is 0 Å². The Morgan fingerprint density at radius 2 is 2.20 bits per heavy atom. The highest BCUT2D eigenvalue weighted by atomic mass is 16.5. The van der Waals surface area contributed by atoms with E-state index in [1.807, 2.05) is 20.8 Å². The zero-order chi connectivity index (χ0) is 14.7. The lowest BCUT2D eigenvalue weighted by atomic mass is 10.1. The lowest BCUT2D eigenvalue weighted by molar-refractivity contribution is 0.0688. The van der Waals surface area contributed by atoms with Gasteiger partial charge in [0.05, 0.1) is 5.69 Å². The van der Waals surface area contributed by atoms with E-state index < -0.39 is 5.97 Å². The van der Waals surface area contributed by atoms with Crippen LogP contribution in [0.15, 0.2) is 4.52 Å². The van der Waals surface area contributed by atoms with Crippen LogP contribution in [0.4, 0.5) is 0 Å². The molecule has 2 aromatic rings. The third-order valence-electron chi connectivity index (χ3n) is 2.79. The number of aryl methyl sites for hydroxylation is 1. The maximum absolute atomic E-state index is 11.1. The molecule has 0 spiro atoms. The fraction of sp³-hybridized carbons (Fsp3) is 0.583.